The van der Waals surface area contributed by atoms with Gasteiger partial charge in [0.15, 0.2) is 0 Å². The third-order valence-corrected chi connectivity index (χ3v) is 3.28. The summed E-state index contributed by atoms with van der Waals surface area (Å²) >= 11 is 0. The minimum Gasteiger partial charge on any atom is -0.497 e. The van der Waals surface area contributed by atoms with E-state index < -0.39 is 11.9 Å². The van der Waals surface area contributed by atoms with E-state index in [-0.39, 0.29) is 18.6 Å². The molecule has 0 aliphatic heterocycles. The Kier molecular flexibility index (Phi) is 4.06. The van der Waals surface area contributed by atoms with Gasteiger partial charge in [0.1, 0.15) is 5.75 Å². The van der Waals surface area contributed by atoms with Crippen molar-refractivity contribution in [3.05, 3.63) is 34.9 Å². The van der Waals surface area contributed by atoms with E-state index >= 15 is 0 Å². The van der Waals surface area contributed by atoms with Gasteiger partial charge in [-0.25, -0.2) is 4.79 Å². The van der Waals surface area contributed by atoms with Gasteiger partial charge in [0.25, 0.3) is 0 Å². The standard InChI is InChI=1S/C15H16F2O3/c1-3-20-14(18)15(16,17)12-6-4-11-9-13(19-2)7-5-10(11)8-12/h5,7-9H,3-4,6H2,1-2H3. The number of halogens is 2. The maximum absolute atomic E-state index is 14.0. The number of aryl methyl sites for hydroxylation is 1. The monoisotopic (exact) mass is 282 g/mol. The van der Waals surface area contributed by atoms with Crippen molar-refractivity contribution in [2.45, 2.75) is 25.7 Å². The number of rotatable bonds is 4. The van der Waals surface area contributed by atoms with Crippen LogP contribution < -0.4 is 4.74 Å². The Balaban J connectivity index is 2.31. The largest absolute Gasteiger partial charge is 0.497 e. The summed E-state index contributed by atoms with van der Waals surface area (Å²) in [4.78, 5) is 11.3. The highest BCUT2D eigenvalue weighted by Gasteiger charge is 2.45. The molecule has 0 saturated heterocycles. The number of ether oxygens (including phenoxy) is 2. The van der Waals surface area contributed by atoms with E-state index in [2.05, 4.69) is 4.74 Å². The first-order chi connectivity index (χ1) is 9.48. The summed E-state index contributed by atoms with van der Waals surface area (Å²) in [5.74, 6) is -4.35. The van der Waals surface area contributed by atoms with Crippen molar-refractivity contribution in [2.24, 2.45) is 0 Å². The van der Waals surface area contributed by atoms with Crippen molar-refractivity contribution < 1.29 is 23.0 Å². The van der Waals surface area contributed by atoms with E-state index in [9.17, 15) is 13.6 Å². The fourth-order valence-electron chi connectivity index (χ4n) is 2.20. The lowest BCUT2D eigenvalue weighted by atomic mass is 9.89. The Morgan fingerprint density at radius 2 is 2.10 bits per heavy atom. The van der Waals surface area contributed by atoms with Crippen LogP contribution in [0.1, 0.15) is 24.5 Å². The normalized spacial score (nSPS) is 14.3. The van der Waals surface area contributed by atoms with Crippen LogP contribution >= 0.6 is 0 Å². The van der Waals surface area contributed by atoms with Crippen molar-refractivity contribution in [3.63, 3.8) is 0 Å². The zero-order valence-corrected chi connectivity index (χ0v) is 11.4. The summed E-state index contributed by atoms with van der Waals surface area (Å²) in [7, 11) is 1.56. The van der Waals surface area contributed by atoms with Crippen molar-refractivity contribution in [2.75, 3.05) is 13.7 Å². The van der Waals surface area contributed by atoms with Crippen LogP contribution in [0.5, 0.6) is 5.75 Å². The molecule has 0 heterocycles. The lowest BCUT2D eigenvalue weighted by molar-refractivity contribution is -0.166. The van der Waals surface area contributed by atoms with Crippen LogP contribution in [-0.2, 0) is 16.0 Å². The molecule has 0 radical (unpaired) electrons. The van der Waals surface area contributed by atoms with Crippen LogP contribution in [-0.4, -0.2) is 25.6 Å². The number of methoxy groups -OCH3 is 1. The molecule has 0 bridgehead atoms. The molecular formula is C15H16F2O3. The molecular weight excluding hydrogens is 266 g/mol. The number of benzene rings is 1. The van der Waals surface area contributed by atoms with E-state index in [1.54, 1.807) is 19.2 Å². The zero-order valence-electron chi connectivity index (χ0n) is 11.4. The molecule has 2 rings (SSSR count). The topological polar surface area (TPSA) is 35.5 Å². The van der Waals surface area contributed by atoms with Gasteiger partial charge >= 0.3 is 11.9 Å². The molecule has 1 aliphatic rings. The Hall–Kier alpha value is -1.91. The average Bonchev–Trinajstić information content (AvgIpc) is 2.46. The molecule has 0 unspecified atom stereocenters. The summed E-state index contributed by atoms with van der Waals surface area (Å²) in [5, 5.41) is 0. The first kappa shape index (κ1) is 14.5. The lowest BCUT2D eigenvalue weighted by Gasteiger charge is -2.22. The maximum Gasteiger partial charge on any atom is 0.381 e. The van der Waals surface area contributed by atoms with Gasteiger partial charge in [-0.2, -0.15) is 8.78 Å². The first-order valence-electron chi connectivity index (χ1n) is 6.42. The van der Waals surface area contributed by atoms with Crippen molar-refractivity contribution in [1.29, 1.82) is 0 Å². The molecule has 0 spiro atoms. The summed E-state index contributed by atoms with van der Waals surface area (Å²) in [6.07, 6.45) is 1.95. The number of carbonyl (C=O) groups excluding carboxylic acids is 1. The summed E-state index contributed by atoms with van der Waals surface area (Å²) in [6.45, 7) is 1.44. The molecule has 1 aliphatic carbocycles. The maximum atomic E-state index is 14.0. The molecule has 20 heavy (non-hydrogen) atoms. The van der Waals surface area contributed by atoms with Crippen LogP contribution in [0.2, 0.25) is 0 Å². The Morgan fingerprint density at radius 1 is 1.35 bits per heavy atom. The number of alkyl halides is 2. The Morgan fingerprint density at radius 3 is 2.75 bits per heavy atom. The van der Waals surface area contributed by atoms with Crippen LogP contribution in [0, 0.1) is 0 Å². The molecule has 0 saturated carbocycles. The van der Waals surface area contributed by atoms with E-state index in [1.807, 2.05) is 6.07 Å². The van der Waals surface area contributed by atoms with Gasteiger partial charge in [0, 0.05) is 5.57 Å². The predicted molar refractivity (Wildman–Crippen MR) is 70.9 cm³/mol. The number of esters is 1. The average molecular weight is 282 g/mol. The van der Waals surface area contributed by atoms with Gasteiger partial charge in [-0.3, -0.25) is 0 Å². The number of carbonyl (C=O) groups is 1. The number of hydrogen-bond acceptors (Lipinski definition) is 3. The highest BCUT2D eigenvalue weighted by atomic mass is 19.3. The zero-order chi connectivity index (χ0) is 14.8. The molecule has 1 aromatic rings. The van der Waals surface area contributed by atoms with E-state index in [1.165, 1.54) is 13.0 Å². The highest BCUT2D eigenvalue weighted by Crippen LogP contribution is 2.36. The van der Waals surface area contributed by atoms with E-state index in [4.69, 9.17) is 4.74 Å². The smallest absolute Gasteiger partial charge is 0.381 e. The van der Waals surface area contributed by atoms with Crippen LogP contribution in [0.3, 0.4) is 0 Å². The minimum absolute atomic E-state index is 0.0600. The molecule has 0 atom stereocenters. The molecule has 0 N–H and O–H groups in total. The second-order valence-corrected chi connectivity index (χ2v) is 4.53. The van der Waals surface area contributed by atoms with Gasteiger partial charge in [-0.05, 0) is 49.1 Å². The summed E-state index contributed by atoms with van der Waals surface area (Å²) < 4.78 is 37.5. The van der Waals surface area contributed by atoms with Crippen LogP contribution in [0.25, 0.3) is 6.08 Å². The molecule has 0 aromatic heterocycles. The molecule has 0 amide bonds. The molecule has 1 aromatic carbocycles. The van der Waals surface area contributed by atoms with E-state index in [0.29, 0.717) is 17.7 Å². The lowest BCUT2D eigenvalue weighted by Crippen LogP contribution is -2.33. The minimum atomic E-state index is -3.56. The van der Waals surface area contributed by atoms with Crippen LogP contribution in [0.4, 0.5) is 8.78 Å². The number of hydrogen-bond donors (Lipinski definition) is 0. The second kappa shape index (κ2) is 5.61. The van der Waals surface area contributed by atoms with Crippen molar-refractivity contribution in [3.8, 4) is 5.75 Å². The van der Waals surface area contributed by atoms with Crippen molar-refractivity contribution in [1.82, 2.24) is 0 Å². The van der Waals surface area contributed by atoms with Gasteiger partial charge in [0.05, 0.1) is 13.7 Å². The van der Waals surface area contributed by atoms with Gasteiger partial charge in [-0.15, -0.1) is 0 Å². The van der Waals surface area contributed by atoms with Gasteiger partial charge in [-0.1, -0.05) is 6.07 Å². The van der Waals surface area contributed by atoms with Crippen LogP contribution in [0.15, 0.2) is 23.8 Å². The SMILES string of the molecule is CCOC(=O)C(F)(F)C1=Cc2ccc(OC)cc2CC1. The summed E-state index contributed by atoms with van der Waals surface area (Å²) in [6, 6.07) is 5.25. The third-order valence-electron chi connectivity index (χ3n) is 3.28. The van der Waals surface area contributed by atoms with Crippen molar-refractivity contribution >= 4 is 12.0 Å². The Bertz CT molecular complexity index is 550. The highest BCUT2D eigenvalue weighted by molar-refractivity contribution is 5.84. The number of fused-ring (bicyclic) bond motifs is 1. The third kappa shape index (κ3) is 2.66. The van der Waals surface area contributed by atoms with E-state index in [0.717, 1.165) is 5.56 Å². The van der Waals surface area contributed by atoms with Gasteiger partial charge in [0.2, 0.25) is 0 Å². The quantitative estimate of drug-likeness (QED) is 0.795. The molecule has 0 fully saturated rings. The fraction of sp³-hybridized carbons (Fsp3) is 0.400. The van der Waals surface area contributed by atoms with Gasteiger partial charge < -0.3 is 9.47 Å². The first-order valence-corrected chi connectivity index (χ1v) is 6.42. The molecule has 5 heteroatoms. The molecule has 3 nitrogen and oxygen atoms in total. The summed E-state index contributed by atoms with van der Waals surface area (Å²) in [5.41, 5.74) is 1.43. The second-order valence-electron chi connectivity index (χ2n) is 4.53. The predicted octanol–water partition coefficient (Wildman–Crippen LogP) is 3.22. The fourth-order valence-corrected chi connectivity index (χ4v) is 2.20. The Labute approximate surface area is 116 Å². The molecule has 108 valence electrons.